The Morgan fingerprint density at radius 2 is 1.92 bits per heavy atom. The van der Waals surface area contributed by atoms with Crippen LogP contribution in [0.15, 0.2) is 71.7 Å². The molecule has 2 amide bonds. The predicted molar refractivity (Wildman–Crippen MR) is 144 cm³/mol. The summed E-state index contributed by atoms with van der Waals surface area (Å²) in [5, 5.41) is 15.7. The molecule has 0 unspecified atom stereocenters. The van der Waals surface area contributed by atoms with Crippen LogP contribution in [0.25, 0.3) is 10.9 Å². The molecule has 0 aliphatic carbocycles. The number of hydrogen-bond acceptors (Lipinski definition) is 4. The maximum absolute atomic E-state index is 13.3. The van der Waals surface area contributed by atoms with Gasteiger partial charge in [0.2, 0.25) is 0 Å². The first kappa shape index (κ1) is 23.1. The monoisotopic (exact) mass is 492 g/mol. The van der Waals surface area contributed by atoms with Crippen LogP contribution in [-0.4, -0.2) is 33.2 Å². The molecule has 186 valence electrons. The van der Waals surface area contributed by atoms with E-state index in [0.717, 1.165) is 31.7 Å². The lowest BCUT2D eigenvalue weighted by Gasteiger charge is -2.43. The summed E-state index contributed by atoms with van der Waals surface area (Å²) in [5.74, 6) is 0.670. The summed E-state index contributed by atoms with van der Waals surface area (Å²) in [7, 11) is 2.09. The molecule has 4 heterocycles. The van der Waals surface area contributed by atoms with E-state index in [2.05, 4.69) is 57.6 Å². The number of amides is 2. The maximum atomic E-state index is 13.3. The van der Waals surface area contributed by atoms with Crippen molar-refractivity contribution in [3.8, 4) is 6.07 Å². The second-order valence-corrected chi connectivity index (χ2v) is 10.1. The molecular weight excluding hydrogens is 464 g/mol. The van der Waals surface area contributed by atoms with Crippen molar-refractivity contribution in [2.24, 2.45) is 13.0 Å². The number of nitrogens with zero attached hydrogens (tertiary/aromatic N) is 4. The zero-order valence-corrected chi connectivity index (χ0v) is 20.6. The number of pyridine rings is 1. The maximum Gasteiger partial charge on any atom is 0.323 e. The smallest absolute Gasteiger partial charge is 0.323 e. The number of carbonyl (C=O) groups excluding carboxylic acids is 1. The van der Waals surface area contributed by atoms with Crippen LogP contribution in [0.1, 0.15) is 29.2 Å². The van der Waals surface area contributed by atoms with Crippen LogP contribution in [0, 0.1) is 17.2 Å². The van der Waals surface area contributed by atoms with Crippen LogP contribution in [0.5, 0.6) is 0 Å². The van der Waals surface area contributed by atoms with Crippen molar-refractivity contribution in [2.75, 3.05) is 23.7 Å². The van der Waals surface area contributed by atoms with E-state index in [4.69, 9.17) is 5.26 Å². The van der Waals surface area contributed by atoms with E-state index in [0.29, 0.717) is 23.7 Å². The Morgan fingerprint density at radius 1 is 1.05 bits per heavy atom. The third-order valence-corrected chi connectivity index (χ3v) is 7.55. The van der Waals surface area contributed by atoms with Gasteiger partial charge in [0.1, 0.15) is 5.69 Å². The van der Waals surface area contributed by atoms with Crippen LogP contribution in [-0.2, 0) is 20.1 Å². The molecule has 2 aromatic carbocycles. The van der Waals surface area contributed by atoms with Crippen molar-refractivity contribution in [2.45, 2.75) is 25.4 Å². The van der Waals surface area contributed by atoms with Crippen LogP contribution < -0.4 is 16.2 Å². The average Bonchev–Trinajstić information content (AvgIpc) is 3.21. The van der Waals surface area contributed by atoms with Gasteiger partial charge in [0.25, 0.3) is 5.56 Å². The van der Waals surface area contributed by atoms with E-state index in [-0.39, 0.29) is 17.2 Å². The van der Waals surface area contributed by atoms with Crippen LogP contribution >= 0.6 is 0 Å². The van der Waals surface area contributed by atoms with Crippen LogP contribution in [0.3, 0.4) is 0 Å². The third kappa shape index (κ3) is 4.39. The highest BCUT2D eigenvalue weighted by atomic mass is 16.2. The first-order valence-electron chi connectivity index (χ1n) is 12.6. The number of aryl methyl sites for hydroxylation is 1. The van der Waals surface area contributed by atoms with Gasteiger partial charge >= 0.3 is 6.03 Å². The number of piperidine rings is 1. The van der Waals surface area contributed by atoms with Crippen molar-refractivity contribution < 1.29 is 4.79 Å². The SMILES string of the molecule is Cn1cc(CN2C[C@H]3C[C@H](C2)c2ccc(NC(=O)Nc4cccc(C#N)c4)c(=O)n2C3)c2ccccc21. The summed E-state index contributed by atoms with van der Waals surface area (Å²) in [5.41, 5.74) is 4.65. The van der Waals surface area contributed by atoms with Crippen molar-refractivity contribution in [3.05, 3.63) is 94.0 Å². The van der Waals surface area contributed by atoms with E-state index < -0.39 is 6.03 Å². The minimum Gasteiger partial charge on any atom is -0.350 e. The quantitative estimate of drug-likeness (QED) is 0.439. The summed E-state index contributed by atoms with van der Waals surface area (Å²) in [6.45, 7) is 3.39. The van der Waals surface area contributed by atoms with Gasteiger partial charge < -0.3 is 19.8 Å². The molecule has 37 heavy (non-hydrogen) atoms. The molecule has 1 saturated heterocycles. The van der Waals surface area contributed by atoms with Gasteiger partial charge in [-0.25, -0.2) is 4.79 Å². The lowest BCUT2D eigenvalue weighted by atomic mass is 9.83. The molecule has 8 nitrogen and oxygen atoms in total. The van der Waals surface area contributed by atoms with E-state index >= 15 is 0 Å². The number of aromatic nitrogens is 2. The fourth-order valence-electron chi connectivity index (χ4n) is 6.01. The third-order valence-electron chi connectivity index (χ3n) is 7.55. The van der Waals surface area contributed by atoms with Crippen molar-refractivity contribution in [1.82, 2.24) is 14.0 Å². The molecule has 0 radical (unpaired) electrons. The Hall–Kier alpha value is -4.35. The number of para-hydroxylation sites is 1. The molecule has 2 aliphatic heterocycles. The van der Waals surface area contributed by atoms with Crippen molar-refractivity contribution in [3.63, 3.8) is 0 Å². The number of benzene rings is 2. The molecule has 6 rings (SSSR count). The molecule has 2 N–H and O–H groups in total. The van der Waals surface area contributed by atoms with Gasteiger partial charge in [-0.1, -0.05) is 24.3 Å². The molecule has 0 spiro atoms. The Bertz CT molecular complexity index is 1610. The van der Waals surface area contributed by atoms with Gasteiger partial charge in [-0.05, 0) is 54.3 Å². The number of carbonyl (C=O) groups is 1. The van der Waals surface area contributed by atoms with E-state index in [1.165, 1.54) is 16.5 Å². The molecule has 4 aromatic rings. The van der Waals surface area contributed by atoms with E-state index in [1.54, 1.807) is 30.3 Å². The largest absolute Gasteiger partial charge is 0.350 e. The normalized spacial score (nSPS) is 18.7. The fourth-order valence-corrected chi connectivity index (χ4v) is 6.01. The van der Waals surface area contributed by atoms with E-state index in [1.807, 2.05) is 16.7 Å². The number of anilines is 2. The summed E-state index contributed by atoms with van der Waals surface area (Å²) in [4.78, 5) is 28.4. The van der Waals surface area contributed by atoms with Gasteiger partial charge in [0.15, 0.2) is 0 Å². The summed E-state index contributed by atoms with van der Waals surface area (Å²) in [6.07, 6.45) is 3.31. The summed E-state index contributed by atoms with van der Waals surface area (Å²) < 4.78 is 4.04. The van der Waals surface area contributed by atoms with Crippen LogP contribution in [0.2, 0.25) is 0 Å². The molecule has 2 aromatic heterocycles. The van der Waals surface area contributed by atoms with Crippen molar-refractivity contribution in [1.29, 1.82) is 5.26 Å². The van der Waals surface area contributed by atoms with E-state index in [9.17, 15) is 9.59 Å². The predicted octanol–water partition coefficient (Wildman–Crippen LogP) is 4.47. The fraction of sp³-hybridized carbons (Fsp3) is 0.276. The zero-order valence-electron chi connectivity index (χ0n) is 20.6. The zero-order chi connectivity index (χ0) is 25.5. The van der Waals surface area contributed by atoms with Crippen LogP contribution in [0.4, 0.5) is 16.2 Å². The standard InChI is InChI=1S/C29H28N6O2/c1-33-16-22(24-7-2-3-8-27(24)33)18-34-14-20-11-21(17-34)26-10-9-25(28(36)35(26)15-20)32-29(37)31-23-6-4-5-19(12-23)13-30/h2-10,12,16,20-21H,11,14-15,17-18H2,1H3,(H2,31,32,37)/t20-,21-/m1/s1. The Morgan fingerprint density at radius 3 is 2.78 bits per heavy atom. The summed E-state index contributed by atoms with van der Waals surface area (Å²) >= 11 is 0. The van der Waals surface area contributed by atoms with Crippen molar-refractivity contribution >= 4 is 28.3 Å². The minimum absolute atomic E-state index is 0.171. The number of likely N-dealkylation sites (tertiary alicyclic amines) is 1. The first-order valence-corrected chi connectivity index (χ1v) is 12.6. The summed E-state index contributed by atoms with van der Waals surface area (Å²) in [6, 6.07) is 20.4. The van der Waals surface area contributed by atoms with Gasteiger partial charge in [0.05, 0.1) is 11.6 Å². The number of hydrogen-bond donors (Lipinski definition) is 2. The molecule has 0 saturated carbocycles. The molecule has 2 aliphatic rings. The highest BCUT2D eigenvalue weighted by Crippen LogP contribution is 2.36. The van der Waals surface area contributed by atoms with Gasteiger partial charge in [0, 0.05) is 67.6 Å². The second kappa shape index (κ2) is 9.26. The Labute approximate surface area is 214 Å². The Kier molecular flexibility index (Phi) is 5.78. The number of nitriles is 1. The first-order chi connectivity index (χ1) is 18.0. The lowest BCUT2D eigenvalue weighted by Crippen LogP contribution is -2.47. The van der Waals surface area contributed by atoms with Gasteiger partial charge in [-0.3, -0.25) is 9.69 Å². The molecule has 1 fully saturated rings. The van der Waals surface area contributed by atoms with Gasteiger partial charge in [-0.15, -0.1) is 0 Å². The molecule has 2 bridgehead atoms. The molecular formula is C29H28N6O2. The number of urea groups is 1. The number of nitrogens with one attached hydrogen (secondary N) is 2. The molecule has 8 heteroatoms. The lowest BCUT2D eigenvalue weighted by molar-refractivity contribution is 0.115. The van der Waals surface area contributed by atoms with Gasteiger partial charge in [-0.2, -0.15) is 5.26 Å². The number of fused-ring (bicyclic) bond motifs is 5. The minimum atomic E-state index is -0.509. The number of rotatable bonds is 4. The topological polar surface area (TPSA) is 95.1 Å². The second-order valence-electron chi connectivity index (χ2n) is 10.1. The highest BCUT2D eigenvalue weighted by Gasteiger charge is 2.35. The average molecular weight is 493 g/mol. The highest BCUT2D eigenvalue weighted by molar-refractivity contribution is 5.99. The Balaban J connectivity index is 1.18. The molecule has 2 atom stereocenters.